The van der Waals surface area contributed by atoms with Crippen molar-refractivity contribution in [2.24, 2.45) is 0 Å². The van der Waals surface area contributed by atoms with Gasteiger partial charge in [-0.25, -0.2) is 0 Å². The van der Waals surface area contributed by atoms with Gasteiger partial charge in [0.1, 0.15) is 0 Å². The maximum Gasteiger partial charge on any atom is 0.416 e. The van der Waals surface area contributed by atoms with Crippen LogP contribution in [0.2, 0.25) is 0 Å². The third-order valence-corrected chi connectivity index (χ3v) is 4.02. The molecule has 2 rings (SSSR count). The van der Waals surface area contributed by atoms with Gasteiger partial charge in [-0.2, -0.15) is 13.2 Å². The summed E-state index contributed by atoms with van der Waals surface area (Å²) in [6.07, 6.45) is -1.26. The first-order valence-electron chi connectivity index (χ1n) is 7.64. The summed E-state index contributed by atoms with van der Waals surface area (Å²) in [7, 11) is 0. The summed E-state index contributed by atoms with van der Waals surface area (Å²) < 4.78 is 38.7. The lowest BCUT2D eigenvalue weighted by Gasteiger charge is -2.35. The number of rotatable bonds is 5. The van der Waals surface area contributed by atoms with E-state index in [9.17, 15) is 13.2 Å². The number of halogens is 5. The van der Waals surface area contributed by atoms with Gasteiger partial charge in [0.2, 0.25) is 0 Å². The second-order valence-electron chi connectivity index (χ2n) is 5.57. The molecule has 2 nitrogen and oxygen atoms in total. The van der Waals surface area contributed by atoms with Gasteiger partial charge in [-0.1, -0.05) is 31.9 Å². The van der Waals surface area contributed by atoms with Crippen LogP contribution >= 0.6 is 24.8 Å². The molecule has 1 aliphatic rings. The van der Waals surface area contributed by atoms with Gasteiger partial charge in [0.05, 0.1) is 5.56 Å². The first kappa shape index (κ1) is 22.5. The lowest BCUT2D eigenvalue weighted by atomic mass is 9.97. The summed E-state index contributed by atoms with van der Waals surface area (Å²) in [6.45, 7) is 5.71. The third-order valence-electron chi connectivity index (χ3n) is 4.02. The van der Waals surface area contributed by atoms with Gasteiger partial charge < -0.3 is 5.32 Å². The molecule has 0 radical (unpaired) electrons. The molecule has 0 bridgehead atoms. The summed E-state index contributed by atoms with van der Waals surface area (Å²) in [6, 6.07) is 5.92. The fourth-order valence-electron chi connectivity index (χ4n) is 2.87. The van der Waals surface area contributed by atoms with Crippen molar-refractivity contribution >= 4 is 24.8 Å². The normalized spacial score (nSPS) is 17.0. The number of hydrogen-bond acceptors (Lipinski definition) is 2. The summed E-state index contributed by atoms with van der Waals surface area (Å²) in [5, 5.41) is 3.29. The SMILES string of the molecule is CCCC[C@@H](c1cccc(C(F)(F)F)c1)N1CCNCC1.Cl.Cl. The number of piperazine rings is 1. The van der Waals surface area contributed by atoms with E-state index >= 15 is 0 Å². The largest absolute Gasteiger partial charge is 0.416 e. The Morgan fingerprint density at radius 1 is 1.17 bits per heavy atom. The molecule has 0 amide bonds. The molecule has 1 heterocycles. The Balaban J connectivity index is 0.00000242. The Hall–Kier alpha value is -0.490. The van der Waals surface area contributed by atoms with Crippen LogP contribution in [0.4, 0.5) is 13.2 Å². The average Bonchev–Trinajstić information content (AvgIpc) is 2.48. The highest BCUT2D eigenvalue weighted by atomic mass is 35.5. The molecule has 1 saturated heterocycles. The highest BCUT2D eigenvalue weighted by Gasteiger charge is 2.31. The Morgan fingerprint density at radius 3 is 2.39 bits per heavy atom. The second-order valence-corrected chi connectivity index (χ2v) is 5.57. The monoisotopic (exact) mass is 372 g/mol. The van der Waals surface area contributed by atoms with Gasteiger partial charge >= 0.3 is 6.18 Å². The molecule has 1 aromatic carbocycles. The molecule has 23 heavy (non-hydrogen) atoms. The molecule has 0 unspecified atom stereocenters. The highest BCUT2D eigenvalue weighted by molar-refractivity contribution is 5.85. The van der Waals surface area contributed by atoms with Gasteiger partial charge in [-0.05, 0) is 24.1 Å². The smallest absolute Gasteiger partial charge is 0.314 e. The van der Waals surface area contributed by atoms with Gasteiger partial charge in [0.25, 0.3) is 0 Å². The number of benzene rings is 1. The zero-order valence-electron chi connectivity index (χ0n) is 13.2. The van der Waals surface area contributed by atoms with E-state index in [0.717, 1.165) is 57.1 Å². The van der Waals surface area contributed by atoms with E-state index in [1.165, 1.54) is 12.1 Å². The molecule has 1 N–H and O–H groups in total. The quantitative estimate of drug-likeness (QED) is 0.806. The van der Waals surface area contributed by atoms with Crippen molar-refractivity contribution < 1.29 is 13.2 Å². The van der Waals surface area contributed by atoms with Crippen molar-refractivity contribution in [1.29, 1.82) is 0 Å². The highest BCUT2D eigenvalue weighted by Crippen LogP contribution is 2.33. The van der Waals surface area contributed by atoms with Crippen LogP contribution in [-0.2, 0) is 6.18 Å². The van der Waals surface area contributed by atoms with Crippen molar-refractivity contribution in [3.63, 3.8) is 0 Å². The van der Waals surface area contributed by atoms with Crippen molar-refractivity contribution in [2.75, 3.05) is 26.2 Å². The first-order valence-corrected chi connectivity index (χ1v) is 7.64. The predicted octanol–water partition coefficient (Wildman–Crippen LogP) is 4.69. The van der Waals surface area contributed by atoms with Crippen LogP contribution in [0.5, 0.6) is 0 Å². The molecule has 1 atom stereocenters. The van der Waals surface area contributed by atoms with E-state index in [2.05, 4.69) is 17.1 Å². The van der Waals surface area contributed by atoms with Gasteiger partial charge in [-0.15, -0.1) is 24.8 Å². The van der Waals surface area contributed by atoms with Crippen molar-refractivity contribution in [1.82, 2.24) is 10.2 Å². The Labute approximate surface area is 148 Å². The fourth-order valence-corrected chi connectivity index (χ4v) is 2.87. The standard InChI is InChI=1S/C16H23F3N2.2ClH/c1-2-3-7-15(21-10-8-20-9-11-21)13-5-4-6-14(12-13)16(17,18)19;;/h4-6,12,15,20H,2-3,7-11H2,1H3;2*1H/t15-;;/m0../s1. The molecule has 0 saturated carbocycles. The third kappa shape index (κ3) is 6.49. The number of nitrogens with zero attached hydrogens (tertiary/aromatic N) is 1. The summed E-state index contributed by atoms with van der Waals surface area (Å²) in [4.78, 5) is 2.31. The molecule has 1 aliphatic heterocycles. The van der Waals surface area contributed by atoms with Crippen molar-refractivity contribution in [3.05, 3.63) is 35.4 Å². The van der Waals surface area contributed by atoms with E-state index in [1.807, 2.05) is 6.07 Å². The number of unbranched alkanes of at least 4 members (excludes halogenated alkanes) is 1. The number of hydrogen-bond donors (Lipinski definition) is 1. The fraction of sp³-hybridized carbons (Fsp3) is 0.625. The molecule has 0 aromatic heterocycles. The topological polar surface area (TPSA) is 15.3 Å². The van der Waals surface area contributed by atoms with E-state index in [0.29, 0.717) is 0 Å². The summed E-state index contributed by atoms with van der Waals surface area (Å²) in [5.41, 5.74) is 0.247. The van der Waals surface area contributed by atoms with E-state index < -0.39 is 11.7 Å². The summed E-state index contributed by atoms with van der Waals surface area (Å²) >= 11 is 0. The molecule has 1 aromatic rings. The van der Waals surface area contributed by atoms with Crippen LogP contribution in [0.3, 0.4) is 0 Å². The average molecular weight is 373 g/mol. The first-order chi connectivity index (χ1) is 10.0. The van der Waals surface area contributed by atoms with Gasteiger partial charge in [0.15, 0.2) is 0 Å². The molecule has 7 heteroatoms. The number of nitrogens with one attached hydrogen (secondary N) is 1. The Bertz CT molecular complexity index is 449. The molecule has 0 spiro atoms. The molecule has 134 valence electrons. The molecule has 0 aliphatic carbocycles. The lowest BCUT2D eigenvalue weighted by Crippen LogP contribution is -2.45. The van der Waals surface area contributed by atoms with Gasteiger partial charge in [-0.3, -0.25) is 4.90 Å². The minimum atomic E-state index is -4.27. The molecule has 1 fully saturated rings. The van der Waals surface area contributed by atoms with E-state index in [4.69, 9.17) is 0 Å². The predicted molar refractivity (Wildman–Crippen MR) is 92.6 cm³/mol. The van der Waals surface area contributed by atoms with Crippen LogP contribution in [0.15, 0.2) is 24.3 Å². The van der Waals surface area contributed by atoms with Crippen LogP contribution < -0.4 is 5.32 Å². The van der Waals surface area contributed by atoms with E-state index in [1.54, 1.807) is 0 Å². The zero-order valence-corrected chi connectivity index (χ0v) is 14.9. The summed E-state index contributed by atoms with van der Waals surface area (Å²) in [5.74, 6) is 0. The van der Waals surface area contributed by atoms with Crippen LogP contribution in [0, 0.1) is 0 Å². The Morgan fingerprint density at radius 2 is 1.83 bits per heavy atom. The van der Waals surface area contributed by atoms with Gasteiger partial charge in [0, 0.05) is 32.2 Å². The maximum atomic E-state index is 12.9. The van der Waals surface area contributed by atoms with Crippen molar-refractivity contribution in [3.8, 4) is 0 Å². The van der Waals surface area contributed by atoms with Crippen LogP contribution in [0.25, 0.3) is 0 Å². The van der Waals surface area contributed by atoms with E-state index in [-0.39, 0.29) is 30.9 Å². The van der Waals surface area contributed by atoms with Crippen LogP contribution in [0.1, 0.15) is 43.4 Å². The zero-order chi connectivity index (χ0) is 15.3. The molecular weight excluding hydrogens is 348 g/mol. The minimum Gasteiger partial charge on any atom is -0.314 e. The minimum absolute atomic E-state index is 0. The Kier molecular flexibility index (Phi) is 10.2. The number of alkyl halides is 3. The van der Waals surface area contributed by atoms with Crippen molar-refractivity contribution in [2.45, 2.75) is 38.4 Å². The maximum absolute atomic E-state index is 12.9. The molecular formula is C16H25Cl2F3N2. The second kappa shape index (κ2) is 10.4. The van der Waals surface area contributed by atoms with Crippen LogP contribution in [-0.4, -0.2) is 31.1 Å². The lowest BCUT2D eigenvalue weighted by molar-refractivity contribution is -0.137.